The summed E-state index contributed by atoms with van der Waals surface area (Å²) in [6.07, 6.45) is 1.87. The second-order valence-electron chi connectivity index (χ2n) is 8.40. The van der Waals surface area contributed by atoms with E-state index in [9.17, 15) is 0 Å². The normalized spacial score (nSPS) is 13.2. The molecule has 1 aromatic rings. The van der Waals surface area contributed by atoms with E-state index in [0.29, 0.717) is 5.69 Å². The van der Waals surface area contributed by atoms with E-state index < -0.39 is 24.8 Å². The molecule has 0 saturated heterocycles. The van der Waals surface area contributed by atoms with Gasteiger partial charge in [-0.1, -0.05) is 39.3 Å². The Morgan fingerprint density at radius 2 is 1.62 bits per heavy atom. The lowest BCUT2D eigenvalue weighted by molar-refractivity contribution is 0.547. The van der Waals surface area contributed by atoms with Crippen LogP contribution in [0.3, 0.4) is 0 Å². The largest absolute Gasteiger partial charge is 0.530 e. The van der Waals surface area contributed by atoms with Crippen molar-refractivity contribution in [2.75, 3.05) is 4.98 Å². The van der Waals surface area contributed by atoms with Gasteiger partial charge in [0.2, 0.25) is 14.2 Å². The van der Waals surface area contributed by atoms with Crippen molar-refractivity contribution < 1.29 is 4.43 Å². The number of hydrogen-bond acceptors (Lipinski definition) is 4. The molecule has 0 aliphatic rings. The smallest absolute Gasteiger partial charge is 0.244 e. The van der Waals surface area contributed by atoms with Crippen molar-refractivity contribution in [2.45, 2.75) is 58.9 Å². The van der Waals surface area contributed by atoms with Crippen LogP contribution >= 0.6 is 0 Å². The molecule has 0 aliphatic carbocycles. The third-order valence-corrected chi connectivity index (χ3v) is 6.19. The van der Waals surface area contributed by atoms with Gasteiger partial charge < -0.3 is 13.6 Å². The molecule has 0 unspecified atom stereocenters. The zero-order valence-corrected chi connectivity index (χ0v) is 17.9. The van der Waals surface area contributed by atoms with Crippen LogP contribution < -0.4 is 4.98 Å². The van der Waals surface area contributed by atoms with Gasteiger partial charge >= 0.3 is 0 Å². The fourth-order valence-corrected chi connectivity index (χ4v) is 4.86. The lowest BCUT2D eigenvalue weighted by atomic mass is 10.4. The highest BCUT2D eigenvalue weighted by atomic mass is 28.4. The van der Waals surface area contributed by atoms with Crippen molar-refractivity contribution in [3.63, 3.8) is 0 Å². The molecule has 1 heterocycles. The fraction of sp³-hybridized carbons (Fsp3) is 0.692. The molecule has 0 atom stereocenters. The van der Waals surface area contributed by atoms with Crippen LogP contribution in [0.25, 0.3) is 0 Å². The molecule has 0 aliphatic heterocycles. The first-order valence-corrected chi connectivity index (χ1v) is 17.7. The molecule has 0 amide bonds. The number of imidazole rings is 1. The molecule has 0 bridgehead atoms. The Morgan fingerprint density at radius 3 is 2.00 bits per heavy atom. The van der Waals surface area contributed by atoms with Crippen LogP contribution in [0.2, 0.25) is 58.9 Å². The number of aromatic nitrogens is 2. The molecule has 120 valence electrons. The second-order valence-corrected chi connectivity index (χ2v) is 22.4. The van der Waals surface area contributed by atoms with Crippen LogP contribution in [0.4, 0.5) is 5.82 Å². The van der Waals surface area contributed by atoms with E-state index >= 15 is 0 Å². The monoisotopic (exact) mass is 342 g/mol. The maximum absolute atomic E-state index is 8.28. The molecular formula is C13H30N4OSi3. The Morgan fingerprint density at radius 1 is 1.10 bits per heavy atom. The maximum Gasteiger partial charge on any atom is 0.244 e. The average molecular weight is 343 g/mol. The van der Waals surface area contributed by atoms with Crippen molar-refractivity contribution >= 4 is 36.5 Å². The minimum absolute atomic E-state index is 0.201. The van der Waals surface area contributed by atoms with E-state index in [-0.39, 0.29) is 5.90 Å². The highest BCUT2D eigenvalue weighted by Crippen LogP contribution is 2.24. The lowest BCUT2D eigenvalue weighted by Crippen LogP contribution is -2.39. The van der Waals surface area contributed by atoms with Gasteiger partial charge in [-0.3, -0.25) is 5.41 Å². The van der Waals surface area contributed by atoms with Gasteiger partial charge in [-0.2, -0.15) is 0 Å². The highest BCUT2D eigenvalue weighted by Gasteiger charge is 2.29. The summed E-state index contributed by atoms with van der Waals surface area (Å²) in [5.41, 5.74) is 0.655. The molecule has 8 heteroatoms. The molecule has 5 nitrogen and oxygen atoms in total. The van der Waals surface area contributed by atoms with Gasteiger partial charge in [-0.05, 0) is 19.6 Å². The maximum atomic E-state index is 8.28. The first kappa shape index (κ1) is 18.2. The minimum Gasteiger partial charge on any atom is -0.530 e. The Labute approximate surface area is 131 Å². The molecule has 2 N–H and O–H groups in total. The SMILES string of the molecule is C[Si](C)(C)Nc1c(C(=N)O[Si](C)(C)C)ncn1[Si](C)(C)C. The molecule has 21 heavy (non-hydrogen) atoms. The molecule has 0 radical (unpaired) electrons. The van der Waals surface area contributed by atoms with E-state index in [0.717, 1.165) is 5.82 Å². The predicted molar refractivity (Wildman–Crippen MR) is 99.2 cm³/mol. The molecule has 0 fully saturated rings. The van der Waals surface area contributed by atoms with Crippen molar-refractivity contribution in [2.24, 2.45) is 0 Å². The third kappa shape index (κ3) is 5.44. The van der Waals surface area contributed by atoms with Gasteiger partial charge in [-0.15, -0.1) is 0 Å². The molecule has 1 rings (SSSR count). The summed E-state index contributed by atoms with van der Waals surface area (Å²) in [6.45, 7) is 19.8. The van der Waals surface area contributed by atoms with Gasteiger partial charge in [0.05, 0.1) is 6.33 Å². The molecule has 0 spiro atoms. The Kier molecular flexibility index (Phi) is 4.96. The van der Waals surface area contributed by atoms with Gasteiger partial charge in [-0.25, -0.2) is 4.98 Å². The van der Waals surface area contributed by atoms with Gasteiger partial charge in [0.1, 0.15) is 14.1 Å². The average Bonchev–Trinajstić information content (AvgIpc) is 2.54. The highest BCUT2D eigenvalue weighted by molar-refractivity contribution is 6.80. The van der Waals surface area contributed by atoms with Crippen LogP contribution in [0.5, 0.6) is 0 Å². The standard InChI is InChI=1S/C13H30N4OSi3/c1-19(2,3)16-13-11(12(14)18-21(7,8)9)15-10-17(13)20(4,5)6/h10,14,16H,1-9H3. The third-order valence-electron chi connectivity index (χ3n) is 2.61. The fourth-order valence-electron chi connectivity index (χ4n) is 1.85. The summed E-state index contributed by atoms with van der Waals surface area (Å²) in [5, 5.41) is 8.28. The van der Waals surface area contributed by atoms with Gasteiger partial charge in [0.15, 0.2) is 13.9 Å². The van der Waals surface area contributed by atoms with Crippen LogP contribution in [-0.4, -0.2) is 39.9 Å². The van der Waals surface area contributed by atoms with Gasteiger partial charge in [0, 0.05) is 0 Å². The Hall–Kier alpha value is -0.869. The van der Waals surface area contributed by atoms with Gasteiger partial charge in [0.25, 0.3) is 0 Å². The zero-order chi connectivity index (χ0) is 16.6. The molecule has 0 aromatic carbocycles. The Bertz CT molecular complexity index is 521. The van der Waals surface area contributed by atoms with E-state index in [1.54, 1.807) is 0 Å². The summed E-state index contributed by atoms with van der Waals surface area (Å²) in [5.74, 6) is 1.17. The predicted octanol–water partition coefficient (Wildman–Crippen LogP) is 3.99. The first-order chi connectivity index (χ1) is 9.21. The van der Waals surface area contributed by atoms with Crippen LogP contribution in [0.15, 0.2) is 6.33 Å². The minimum atomic E-state index is -1.80. The lowest BCUT2D eigenvalue weighted by Gasteiger charge is -2.28. The quantitative estimate of drug-likeness (QED) is 0.483. The summed E-state index contributed by atoms with van der Waals surface area (Å²) in [7, 11) is -4.93. The summed E-state index contributed by atoms with van der Waals surface area (Å²) >= 11 is 0. The van der Waals surface area contributed by atoms with Crippen molar-refractivity contribution in [3.8, 4) is 0 Å². The van der Waals surface area contributed by atoms with Crippen molar-refractivity contribution in [3.05, 3.63) is 12.0 Å². The number of nitrogens with one attached hydrogen (secondary N) is 2. The zero-order valence-electron chi connectivity index (χ0n) is 14.9. The first-order valence-electron chi connectivity index (χ1n) is 7.35. The summed E-state index contributed by atoms with van der Waals surface area (Å²) in [6, 6.07) is 0. The van der Waals surface area contributed by atoms with Crippen molar-refractivity contribution in [1.29, 1.82) is 5.41 Å². The molecule has 1 aromatic heterocycles. The number of anilines is 1. The van der Waals surface area contributed by atoms with Crippen LogP contribution in [-0.2, 0) is 4.43 Å². The molecular weight excluding hydrogens is 312 g/mol. The topological polar surface area (TPSA) is 62.9 Å². The Balaban J connectivity index is 3.27. The van der Waals surface area contributed by atoms with E-state index in [2.05, 4.69) is 73.1 Å². The number of nitrogens with zero attached hydrogens (tertiary/aromatic N) is 2. The van der Waals surface area contributed by atoms with E-state index in [1.165, 1.54) is 0 Å². The van der Waals surface area contributed by atoms with E-state index in [1.807, 2.05) is 6.33 Å². The molecule has 0 saturated carbocycles. The summed E-state index contributed by atoms with van der Waals surface area (Å²) in [4.78, 5) is 8.12. The van der Waals surface area contributed by atoms with Crippen LogP contribution in [0, 0.1) is 5.41 Å². The van der Waals surface area contributed by atoms with Crippen LogP contribution in [0.1, 0.15) is 5.69 Å². The number of hydrogen-bond donors (Lipinski definition) is 2. The summed E-state index contributed by atoms with van der Waals surface area (Å²) < 4.78 is 8.08. The van der Waals surface area contributed by atoms with E-state index in [4.69, 9.17) is 9.84 Å². The number of rotatable bonds is 5. The second kappa shape index (κ2) is 5.73. The van der Waals surface area contributed by atoms with Crippen molar-refractivity contribution in [1.82, 2.24) is 9.22 Å².